The molecule has 1 amide bonds. The zero-order valence-electron chi connectivity index (χ0n) is 15.8. The molecule has 4 rings (SSSR count). The van der Waals surface area contributed by atoms with Crippen LogP contribution in [0.2, 0.25) is 0 Å². The van der Waals surface area contributed by atoms with Crippen LogP contribution in [0.15, 0.2) is 84.3 Å². The summed E-state index contributed by atoms with van der Waals surface area (Å²) in [4.78, 5) is 29.9. The van der Waals surface area contributed by atoms with E-state index in [2.05, 4.69) is 15.4 Å². The van der Waals surface area contributed by atoms with E-state index < -0.39 is 5.91 Å². The van der Waals surface area contributed by atoms with E-state index in [1.165, 1.54) is 4.57 Å². The van der Waals surface area contributed by atoms with Crippen LogP contribution in [0.4, 0.5) is 5.69 Å². The third-order valence-corrected chi connectivity index (χ3v) is 4.55. The van der Waals surface area contributed by atoms with E-state index >= 15 is 0 Å². The molecule has 3 aromatic heterocycles. The van der Waals surface area contributed by atoms with Gasteiger partial charge < -0.3 is 9.88 Å². The van der Waals surface area contributed by atoms with Gasteiger partial charge in [-0.2, -0.15) is 5.10 Å². The van der Waals surface area contributed by atoms with Crippen molar-refractivity contribution in [2.24, 2.45) is 0 Å². The van der Waals surface area contributed by atoms with Crippen LogP contribution in [0, 0.1) is 6.92 Å². The molecule has 0 unspecified atom stereocenters. The molecule has 1 aromatic carbocycles. The Morgan fingerprint density at radius 1 is 1.07 bits per heavy atom. The molecule has 0 aliphatic rings. The number of anilines is 1. The zero-order valence-corrected chi connectivity index (χ0v) is 15.8. The van der Waals surface area contributed by atoms with Crippen molar-refractivity contribution in [1.82, 2.24) is 19.3 Å². The zero-order chi connectivity index (χ0) is 20.2. The third kappa shape index (κ3) is 3.98. The van der Waals surface area contributed by atoms with Crippen molar-refractivity contribution in [2.75, 3.05) is 5.32 Å². The van der Waals surface area contributed by atoms with E-state index in [-0.39, 0.29) is 11.1 Å². The number of aryl methyl sites for hydroxylation is 1. The molecule has 4 aromatic rings. The molecule has 7 heteroatoms. The number of nitrogens with one attached hydrogen (secondary N) is 1. The monoisotopic (exact) mass is 385 g/mol. The van der Waals surface area contributed by atoms with Gasteiger partial charge in [-0.05, 0) is 54.4 Å². The fraction of sp³-hybridized carbons (Fsp3) is 0.0909. The summed E-state index contributed by atoms with van der Waals surface area (Å²) < 4.78 is 3.21. The first-order valence-electron chi connectivity index (χ1n) is 9.12. The molecular formula is C22H19N5O2. The summed E-state index contributed by atoms with van der Waals surface area (Å²) in [6, 6.07) is 14.6. The predicted octanol–water partition coefficient (Wildman–Crippen LogP) is 3.04. The van der Waals surface area contributed by atoms with Gasteiger partial charge in [-0.15, -0.1) is 0 Å². The first-order valence-corrected chi connectivity index (χ1v) is 9.12. The van der Waals surface area contributed by atoms with Crippen LogP contribution < -0.4 is 10.9 Å². The second-order valence-corrected chi connectivity index (χ2v) is 6.62. The molecule has 0 fully saturated rings. The van der Waals surface area contributed by atoms with E-state index in [4.69, 9.17) is 0 Å². The third-order valence-electron chi connectivity index (χ3n) is 4.55. The topological polar surface area (TPSA) is 81.8 Å². The van der Waals surface area contributed by atoms with Gasteiger partial charge in [0.15, 0.2) is 0 Å². The number of benzene rings is 1. The van der Waals surface area contributed by atoms with E-state index in [0.29, 0.717) is 17.8 Å². The van der Waals surface area contributed by atoms with Crippen LogP contribution in [0.1, 0.15) is 21.5 Å². The minimum absolute atomic E-state index is 0.126. The standard InChI is InChI=1S/C22H19N5O2/c1-16-8-12-26(15-17-5-3-9-23-14-17)22(29)20(16)21(28)25-18-6-2-7-19(13-18)27-11-4-10-24-27/h2-14H,15H2,1H3,(H,25,28). The number of rotatable bonds is 5. The molecule has 0 saturated carbocycles. The van der Waals surface area contributed by atoms with Crippen LogP contribution >= 0.6 is 0 Å². The quantitative estimate of drug-likeness (QED) is 0.572. The van der Waals surface area contributed by atoms with Gasteiger partial charge >= 0.3 is 0 Å². The summed E-state index contributed by atoms with van der Waals surface area (Å²) in [6.07, 6.45) is 8.58. The lowest BCUT2D eigenvalue weighted by atomic mass is 10.1. The molecule has 0 bridgehead atoms. The van der Waals surface area contributed by atoms with Crippen LogP contribution in [0.3, 0.4) is 0 Å². The normalized spacial score (nSPS) is 10.7. The molecule has 7 nitrogen and oxygen atoms in total. The molecule has 3 heterocycles. The van der Waals surface area contributed by atoms with Crippen LogP contribution in [0.5, 0.6) is 0 Å². The van der Waals surface area contributed by atoms with Gasteiger partial charge in [-0.25, -0.2) is 4.68 Å². The average molecular weight is 385 g/mol. The summed E-state index contributed by atoms with van der Waals surface area (Å²) >= 11 is 0. The highest BCUT2D eigenvalue weighted by Gasteiger charge is 2.16. The minimum Gasteiger partial charge on any atom is -0.322 e. The van der Waals surface area contributed by atoms with E-state index in [9.17, 15) is 9.59 Å². The highest BCUT2D eigenvalue weighted by atomic mass is 16.2. The molecule has 0 spiro atoms. The highest BCUT2D eigenvalue weighted by molar-refractivity contribution is 6.05. The van der Waals surface area contributed by atoms with Gasteiger partial charge in [-0.1, -0.05) is 12.1 Å². The molecule has 144 valence electrons. The maximum absolute atomic E-state index is 12.9. The molecule has 0 atom stereocenters. The number of aromatic nitrogens is 4. The van der Waals surface area contributed by atoms with Crippen molar-refractivity contribution in [1.29, 1.82) is 0 Å². The fourth-order valence-corrected chi connectivity index (χ4v) is 3.10. The van der Waals surface area contributed by atoms with Crippen molar-refractivity contribution < 1.29 is 4.79 Å². The van der Waals surface area contributed by atoms with E-state index in [1.807, 2.05) is 36.5 Å². The Kier molecular flexibility index (Phi) is 5.03. The second-order valence-electron chi connectivity index (χ2n) is 6.62. The average Bonchev–Trinajstić information content (AvgIpc) is 3.26. The van der Waals surface area contributed by atoms with Crippen LogP contribution in [-0.4, -0.2) is 25.2 Å². The summed E-state index contributed by atoms with van der Waals surface area (Å²) in [5.74, 6) is -0.439. The van der Waals surface area contributed by atoms with E-state index in [1.54, 1.807) is 54.6 Å². The van der Waals surface area contributed by atoms with Crippen molar-refractivity contribution in [2.45, 2.75) is 13.5 Å². The number of nitrogens with zero attached hydrogens (tertiary/aromatic N) is 4. The van der Waals surface area contributed by atoms with Crippen molar-refractivity contribution in [3.05, 3.63) is 107 Å². The molecule has 0 aliphatic carbocycles. The van der Waals surface area contributed by atoms with Crippen molar-refractivity contribution >= 4 is 11.6 Å². The first kappa shape index (κ1) is 18.4. The van der Waals surface area contributed by atoms with Gasteiger partial charge in [0.25, 0.3) is 11.5 Å². The number of hydrogen-bond acceptors (Lipinski definition) is 4. The van der Waals surface area contributed by atoms with Gasteiger partial charge in [0.1, 0.15) is 5.56 Å². The van der Waals surface area contributed by atoms with Crippen molar-refractivity contribution in [3.63, 3.8) is 0 Å². The molecule has 0 saturated heterocycles. The summed E-state index contributed by atoms with van der Waals surface area (Å²) in [5, 5.41) is 7.02. The lowest BCUT2D eigenvalue weighted by Crippen LogP contribution is -2.30. The maximum Gasteiger partial charge on any atom is 0.263 e. The lowest BCUT2D eigenvalue weighted by Gasteiger charge is -2.12. The Bertz CT molecular complexity index is 1200. The summed E-state index contributed by atoms with van der Waals surface area (Å²) in [7, 11) is 0. The highest BCUT2D eigenvalue weighted by Crippen LogP contribution is 2.15. The maximum atomic E-state index is 12.9. The van der Waals surface area contributed by atoms with Crippen LogP contribution in [-0.2, 0) is 6.54 Å². The summed E-state index contributed by atoms with van der Waals surface area (Å²) in [5.41, 5.74) is 2.70. The van der Waals surface area contributed by atoms with Gasteiger partial charge in [0, 0.05) is 36.7 Å². The Morgan fingerprint density at radius 3 is 2.72 bits per heavy atom. The Morgan fingerprint density at radius 2 is 1.97 bits per heavy atom. The Balaban J connectivity index is 1.61. The molecule has 0 radical (unpaired) electrons. The molecule has 0 aliphatic heterocycles. The predicted molar refractivity (Wildman–Crippen MR) is 110 cm³/mol. The SMILES string of the molecule is Cc1ccn(Cc2cccnc2)c(=O)c1C(=O)Nc1cccc(-n2cccn2)c1. The first-order chi connectivity index (χ1) is 14.1. The lowest BCUT2D eigenvalue weighted by molar-refractivity contribution is 0.102. The number of carbonyl (C=O) groups excluding carboxylic acids is 1. The molecule has 29 heavy (non-hydrogen) atoms. The van der Waals surface area contributed by atoms with Gasteiger partial charge in [-0.3, -0.25) is 14.6 Å². The number of hydrogen-bond donors (Lipinski definition) is 1. The van der Waals surface area contributed by atoms with Crippen molar-refractivity contribution in [3.8, 4) is 5.69 Å². The van der Waals surface area contributed by atoms with E-state index in [0.717, 1.165) is 11.3 Å². The second kappa shape index (κ2) is 7.93. The smallest absolute Gasteiger partial charge is 0.263 e. The molecular weight excluding hydrogens is 366 g/mol. The number of carbonyl (C=O) groups is 1. The number of pyridine rings is 2. The summed E-state index contributed by atoms with van der Waals surface area (Å²) in [6.45, 7) is 2.10. The fourth-order valence-electron chi connectivity index (χ4n) is 3.10. The Hall–Kier alpha value is -4.00. The van der Waals surface area contributed by atoms with Crippen LogP contribution in [0.25, 0.3) is 5.69 Å². The molecule has 1 N–H and O–H groups in total. The van der Waals surface area contributed by atoms with Gasteiger partial charge in [0.05, 0.1) is 12.2 Å². The Labute approximate surface area is 167 Å². The minimum atomic E-state index is -0.439. The van der Waals surface area contributed by atoms with Gasteiger partial charge in [0.2, 0.25) is 0 Å². The number of amides is 1. The largest absolute Gasteiger partial charge is 0.322 e.